The van der Waals surface area contributed by atoms with E-state index < -0.39 is 0 Å². The number of nitrogens with one attached hydrogen (secondary N) is 2. The van der Waals surface area contributed by atoms with Crippen LogP contribution >= 0.6 is 0 Å². The molecule has 1 aromatic heterocycles. The first-order chi connectivity index (χ1) is 10.2. The zero-order chi connectivity index (χ0) is 15.1. The van der Waals surface area contributed by atoms with E-state index in [0.29, 0.717) is 18.1 Å². The predicted molar refractivity (Wildman–Crippen MR) is 82.0 cm³/mol. The molecule has 7 heteroatoms. The lowest BCUT2D eigenvalue weighted by atomic mass is 10.3. The second-order valence-corrected chi connectivity index (χ2v) is 4.12. The van der Waals surface area contributed by atoms with Crippen LogP contribution in [0.4, 0.5) is 27.8 Å². The molecule has 0 atom stereocenters. The van der Waals surface area contributed by atoms with Gasteiger partial charge < -0.3 is 11.1 Å². The minimum Gasteiger partial charge on any atom is -0.382 e. The highest BCUT2D eigenvalue weighted by atomic mass is 16.2. The van der Waals surface area contributed by atoms with Gasteiger partial charge in [0.1, 0.15) is 11.5 Å². The second-order valence-electron chi connectivity index (χ2n) is 4.12. The number of nitrogens with two attached hydrogens (primary N) is 1. The summed E-state index contributed by atoms with van der Waals surface area (Å²) in [6.07, 6.45) is 0. The van der Waals surface area contributed by atoms with Gasteiger partial charge in [0.15, 0.2) is 5.82 Å². The van der Waals surface area contributed by atoms with Crippen molar-refractivity contribution in [1.82, 2.24) is 10.3 Å². The average Bonchev–Trinajstić information content (AvgIpc) is 2.48. The average molecular weight is 284 g/mol. The third kappa shape index (κ3) is 4.27. The number of hydrogen-bond donors (Lipinski definition) is 3. The molecule has 0 spiro atoms. The molecule has 0 aliphatic carbocycles. The van der Waals surface area contributed by atoms with Crippen LogP contribution in [0, 0.1) is 0 Å². The molecule has 2 rings (SSSR count). The van der Waals surface area contributed by atoms with Gasteiger partial charge in [0.25, 0.3) is 0 Å². The Hall–Kier alpha value is -2.96. The topological polar surface area (TPSA) is 105 Å². The number of hydrogen-bond acceptors (Lipinski definition) is 5. The molecular weight excluding hydrogens is 268 g/mol. The van der Waals surface area contributed by atoms with E-state index in [9.17, 15) is 4.79 Å². The number of aromatic nitrogens is 1. The Bertz CT molecular complexity index is 641. The molecule has 21 heavy (non-hydrogen) atoms. The van der Waals surface area contributed by atoms with Crippen LogP contribution in [-0.2, 0) is 0 Å². The maximum Gasteiger partial charge on any atom is 0.320 e. The highest BCUT2D eigenvalue weighted by Crippen LogP contribution is 2.24. The van der Waals surface area contributed by atoms with Crippen molar-refractivity contribution in [3.05, 3.63) is 42.5 Å². The number of rotatable bonds is 4. The van der Waals surface area contributed by atoms with E-state index in [2.05, 4.69) is 25.8 Å². The second kappa shape index (κ2) is 6.99. The molecule has 2 amide bonds. The molecule has 0 unspecified atom stereocenters. The fourth-order valence-electron chi connectivity index (χ4n) is 1.55. The first-order valence-electron chi connectivity index (χ1n) is 6.47. The van der Waals surface area contributed by atoms with E-state index in [4.69, 9.17) is 5.73 Å². The summed E-state index contributed by atoms with van der Waals surface area (Å²) in [7, 11) is 0. The number of benzene rings is 1. The lowest BCUT2D eigenvalue weighted by Gasteiger charge is -2.06. The van der Waals surface area contributed by atoms with Gasteiger partial charge in [-0.2, -0.15) is 5.11 Å². The van der Waals surface area contributed by atoms with Crippen LogP contribution < -0.4 is 16.4 Å². The molecule has 108 valence electrons. The van der Waals surface area contributed by atoms with Crippen LogP contribution in [0.3, 0.4) is 0 Å². The Morgan fingerprint density at radius 2 is 1.95 bits per heavy atom. The first-order valence-corrected chi connectivity index (χ1v) is 6.47. The number of carbonyl (C=O) groups is 1. The quantitative estimate of drug-likeness (QED) is 0.750. The van der Waals surface area contributed by atoms with E-state index in [-0.39, 0.29) is 11.8 Å². The van der Waals surface area contributed by atoms with Crippen LogP contribution in [-0.4, -0.2) is 17.6 Å². The van der Waals surface area contributed by atoms with Crippen molar-refractivity contribution in [3.8, 4) is 0 Å². The van der Waals surface area contributed by atoms with Gasteiger partial charge >= 0.3 is 6.03 Å². The summed E-state index contributed by atoms with van der Waals surface area (Å²) in [5, 5.41) is 13.3. The van der Waals surface area contributed by atoms with Crippen molar-refractivity contribution in [3.63, 3.8) is 0 Å². The fraction of sp³-hybridized carbons (Fsp3) is 0.143. The largest absolute Gasteiger partial charge is 0.382 e. The zero-order valence-corrected chi connectivity index (χ0v) is 11.6. The SMILES string of the molecule is CCNC(=O)Nc1ccc(N=Nc2ccccc2)c(N)n1. The Labute approximate surface area is 122 Å². The molecule has 0 aliphatic heterocycles. The molecule has 0 saturated heterocycles. The molecular formula is C14H16N6O. The summed E-state index contributed by atoms with van der Waals surface area (Å²) < 4.78 is 0. The van der Waals surface area contributed by atoms with E-state index in [1.165, 1.54) is 0 Å². The van der Waals surface area contributed by atoms with E-state index in [1.54, 1.807) is 12.1 Å². The van der Waals surface area contributed by atoms with Crippen molar-refractivity contribution in [2.75, 3.05) is 17.6 Å². The van der Waals surface area contributed by atoms with Crippen LogP contribution in [0.25, 0.3) is 0 Å². The van der Waals surface area contributed by atoms with Gasteiger partial charge in [-0.1, -0.05) is 18.2 Å². The number of amides is 2. The predicted octanol–water partition coefficient (Wildman–Crippen LogP) is 3.22. The standard InChI is InChI=1S/C14H16N6O/c1-2-16-14(21)18-12-9-8-11(13(15)17-12)20-19-10-6-4-3-5-7-10/h3-9H,2H2,1H3,(H4,15,16,17,18,21). The maximum absolute atomic E-state index is 11.4. The molecule has 0 radical (unpaired) electrons. The number of urea groups is 1. The van der Waals surface area contributed by atoms with Crippen molar-refractivity contribution in [2.45, 2.75) is 6.92 Å². The molecule has 1 heterocycles. The minimum absolute atomic E-state index is 0.198. The normalized spacial score (nSPS) is 10.5. The van der Waals surface area contributed by atoms with E-state index in [1.807, 2.05) is 37.3 Å². The molecule has 0 bridgehead atoms. The van der Waals surface area contributed by atoms with Gasteiger partial charge in [0, 0.05) is 6.54 Å². The summed E-state index contributed by atoms with van der Waals surface area (Å²) >= 11 is 0. The molecule has 0 saturated carbocycles. The lowest BCUT2D eigenvalue weighted by molar-refractivity contribution is 0.252. The Morgan fingerprint density at radius 1 is 1.19 bits per heavy atom. The monoisotopic (exact) mass is 284 g/mol. The summed E-state index contributed by atoms with van der Waals surface area (Å²) in [4.78, 5) is 15.4. The zero-order valence-electron chi connectivity index (χ0n) is 11.6. The van der Waals surface area contributed by atoms with Crippen molar-refractivity contribution < 1.29 is 4.79 Å². The summed E-state index contributed by atoms with van der Waals surface area (Å²) in [6.45, 7) is 2.36. The van der Waals surface area contributed by atoms with Crippen LogP contribution in [0.2, 0.25) is 0 Å². The van der Waals surface area contributed by atoms with Gasteiger partial charge in [-0.05, 0) is 31.2 Å². The van der Waals surface area contributed by atoms with Crippen molar-refractivity contribution in [1.29, 1.82) is 0 Å². The molecule has 7 nitrogen and oxygen atoms in total. The Morgan fingerprint density at radius 3 is 2.62 bits per heavy atom. The summed E-state index contributed by atoms with van der Waals surface area (Å²) in [5.41, 5.74) is 6.97. The Kier molecular flexibility index (Phi) is 4.81. The molecule has 4 N–H and O–H groups in total. The van der Waals surface area contributed by atoms with Crippen LogP contribution in [0.5, 0.6) is 0 Å². The van der Waals surface area contributed by atoms with Gasteiger partial charge in [0.2, 0.25) is 0 Å². The number of pyridine rings is 1. The highest BCUT2D eigenvalue weighted by molar-refractivity contribution is 5.88. The van der Waals surface area contributed by atoms with Gasteiger partial charge in [-0.25, -0.2) is 9.78 Å². The van der Waals surface area contributed by atoms with Gasteiger partial charge in [-0.3, -0.25) is 5.32 Å². The summed E-state index contributed by atoms with van der Waals surface area (Å²) in [5.74, 6) is 0.557. The molecule has 0 fully saturated rings. The molecule has 0 aliphatic rings. The third-order valence-corrected chi connectivity index (χ3v) is 2.51. The van der Waals surface area contributed by atoms with Gasteiger partial charge in [-0.15, -0.1) is 5.11 Å². The smallest absolute Gasteiger partial charge is 0.320 e. The first kappa shape index (κ1) is 14.4. The molecule has 1 aromatic carbocycles. The van der Waals surface area contributed by atoms with Crippen LogP contribution in [0.1, 0.15) is 6.92 Å². The number of azo groups is 1. The van der Waals surface area contributed by atoms with E-state index in [0.717, 1.165) is 5.69 Å². The van der Waals surface area contributed by atoms with Gasteiger partial charge in [0.05, 0.1) is 5.69 Å². The number of carbonyl (C=O) groups excluding carboxylic acids is 1. The third-order valence-electron chi connectivity index (χ3n) is 2.51. The highest BCUT2D eigenvalue weighted by Gasteiger charge is 2.05. The maximum atomic E-state index is 11.4. The number of nitrogen functional groups attached to an aromatic ring is 1. The lowest BCUT2D eigenvalue weighted by Crippen LogP contribution is -2.28. The van der Waals surface area contributed by atoms with Crippen LogP contribution in [0.15, 0.2) is 52.7 Å². The number of nitrogens with zero attached hydrogens (tertiary/aromatic N) is 3. The summed E-state index contributed by atoms with van der Waals surface area (Å²) in [6, 6.07) is 12.2. The fourth-order valence-corrected chi connectivity index (χ4v) is 1.55. The molecule has 2 aromatic rings. The Balaban J connectivity index is 2.09. The minimum atomic E-state index is -0.330. The van der Waals surface area contributed by atoms with Crippen molar-refractivity contribution in [2.24, 2.45) is 10.2 Å². The number of anilines is 2. The van der Waals surface area contributed by atoms with Crippen molar-refractivity contribution >= 4 is 29.0 Å². The van der Waals surface area contributed by atoms with E-state index >= 15 is 0 Å².